The molecule has 15 heavy (non-hydrogen) atoms. The maximum Gasteiger partial charge on any atom is 0.127 e. The minimum atomic E-state index is 0.673. The molecular weight excluding hydrogens is 186 g/mol. The normalized spacial score (nSPS) is 20.9. The van der Waals surface area contributed by atoms with E-state index in [-0.39, 0.29) is 0 Å². The summed E-state index contributed by atoms with van der Waals surface area (Å²) in [5.41, 5.74) is 7.42. The second kappa shape index (κ2) is 3.26. The van der Waals surface area contributed by atoms with E-state index in [1.165, 1.54) is 37.2 Å². The standard InChI is InChI=1S/C12H19N3/c1-2-3-10-14-11(8-4-5-8)12(13)15(10)9-6-7-9/h8-9H,2-7,13H2,1H3. The molecule has 0 bridgehead atoms. The molecule has 3 nitrogen and oxygen atoms in total. The zero-order valence-corrected chi connectivity index (χ0v) is 9.37. The Labute approximate surface area is 90.7 Å². The molecule has 3 heteroatoms. The Bertz CT molecular complexity index is 372. The molecule has 1 aromatic heterocycles. The van der Waals surface area contributed by atoms with Crippen LogP contribution in [0.15, 0.2) is 0 Å². The summed E-state index contributed by atoms with van der Waals surface area (Å²) in [6.07, 6.45) is 7.40. The van der Waals surface area contributed by atoms with Gasteiger partial charge in [0.25, 0.3) is 0 Å². The molecule has 1 aromatic rings. The monoisotopic (exact) mass is 205 g/mol. The lowest BCUT2D eigenvalue weighted by Gasteiger charge is -2.06. The van der Waals surface area contributed by atoms with Gasteiger partial charge in [0.1, 0.15) is 11.6 Å². The van der Waals surface area contributed by atoms with Crippen molar-refractivity contribution in [2.75, 3.05) is 5.73 Å². The minimum Gasteiger partial charge on any atom is -0.384 e. The fourth-order valence-electron chi connectivity index (χ4n) is 2.31. The lowest BCUT2D eigenvalue weighted by molar-refractivity contribution is 0.676. The minimum absolute atomic E-state index is 0.673. The Morgan fingerprint density at radius 3 is 2.60 bits per heavy atom. The number of anilines is 1. The first-order chi connectivity index (χ1) is 7.31. The molecule has 1 heterocycles. The first-order valence-electron chi connectivity index (χ1n) is 6.17. The van der Waals surface area contributed by atoms with Gasteiger partial charge in [-0.15, -0.1) is 0 Å². The summed E-state index contributed by atoms with van der Waals surface area (Å²) in [7, 11) is 0. The molecule has 0 aliphatic heterocycles. The number of nitrogen functional groups attached to an aromatic ring is 1. The highest BCUT2D eigenvalue weighted by Gasteiger charge is 2.34. The Balaban J connectivity index is 1.99. The van der Waals surface area contributed by atoms with Gasteiger partial charge in [0.05, 0.1) is 5.69 Å². The van der Waals surface area contributed by atoms with Crippen molar-refractivity contribution in [1.82, 2.24) is 9.55 Å². The van der Waals surface area contributed by atoms with E-state index in [1.807, 2.05) is 0 Å². The van der Waals surface area contributed by atoms with Gasteiger partial charge in [0.2, 0.25) is 0 Å². The van der Waals surface area contributed by atoms with Crippen LogP contribution in [0.5, 0.6) is 0 Å². The van der Waals surface area contributed by atoms with Crippen molar-refractivity contribution in [1.29, 1.82) is 0 Å². The molecule has 0 saturated heterocycles. The van der Waals surface area contributed by atoms with Crippen molar-refractivity contribution in [2.45, 2.75) is 57.4 Å². The number of nitrogens with zero attached hydrogens (tertiary/aromatic N) is 2. The summed E-state index contributed by atoms with van der Waals surface area (Å²) in [5.74, 6) is 2.89. The Morgan fingerprint density at radius 2 is 2.07 bits per heavy atom. The zero-order chi connectivity index (χ0) is 10.4. The van der Waals surface area contributed by atoms with Crippen LogP contribution in [0.3, 0.4) is 0 Å². The number of rotatable bonds is 4. The highest BCUT2D eigenvalue weighted by atomic mass is 15.2. The van der Waals surface area contributed by atoms with Crippen molar-refractivity contribution >= 4 is 5.82 Å². The molecule has 0 spiro atoms. The van der Waals surface area contributed by atoms with E-state index in [9.17, 15) is 0 Å². The number of aromatic nitrogens is 2. The van der Waals surface area contributed by atoms with Gasteiger partial charge in [-0.05, 0) is 32.1 Å². The van der Waals surface area contributed by atoms with Gasteiger partial charge in [-0.2, -0.15) is 0 Å². The maximum atomic E-state index is 6.22. The molecule has 3 rings (SSSR count). The Hall–Kier alpha value is -0.990. The second-order valence-electron chi connectivity index (χ2n) is 4.92. The topological polar surface area (TPSA) is 43.8 Å². The van der Waals surface area contributed by atoms with Crippen LogP contribution in [0.2, 0.25) is 0 Å². The van der Waals surface area contributed by atoms with Gasteiger partial charge in [0, 0.05) is 18.4 Å². The van der Waals surface area contributed by atoms with Crippen molar-refractivity contribution in [2.24, 2.45) is 0 Å². The summed E-state index contributed by atoms with van der Waals surface area (Å²) in [6, 6.07) is 0.673. The molecule has 82 valence electrons. The van der Waals surface area contributed by atoms with Crippen LogP contribution < -0.4 is 5.73 Å². The van der Waals surface area contributed by atoms with Gasteiger partial charge in [-0.3, -0.25) is 0 Å². The average Bonchev–Trinajstić information content (AvgIpc) is 3.09. The summed E-state index contributed by atoms with van der Waals surface area (Å²) >= 11 is 0. The number of aryl methyl sites for hydroxylation is 1. The first-order valence-corrected chi connectivity index (χ1v) is 6.17. The van der Waals surface area contributed by atoms with Crippen LogP contribution in [0.1, 0.15) is 62.5 Å². The van der Waals surface area contributed by atoms with Gasteiger partial charge in [-0.1, -0.05) is 6.92 Å². The van der Waals surface area contributed by atoms with Crippen LogP contribution in [0.25, 0.3) is 0 Å². The number of hydrogen-bond acceptors (Lipinski definition) is 2. The first kappa shape index (κ1) is 9.25. The van der Waals surface area contributed by atoms with E-state index in [0.29, 0.717) is 12.0 Å². The van der Waals surface area contributed by atoms with Crippen LogP contribution in [0, 0.1) is 0 Å². The van der Waals surface area contributed by atoms with E-state index in [2.05, 4.69) is 11.5 Å². The third kappa shape index (κ3) is 1.54. The van der Waals surface area contributed by atoms with E-state index >= 15 is 0 Å². The van der Waals surface area contributed by atoms with Crippen LogP contribution >= 0.6 is 0 Å². The fourth-order valence-corrected chi connectivity index (χ4v) is 2.31. The molecule has 2 aliphatic rings. The predicted octanol–water partition coefficient (Wildman–Crippen LogP) is 2.63. The van der Waals surface area contributed by atoms with E-state index in [1.54, 1.807) is 0 Å². The molecular formula is C12H19N3. The molecule has 0 radical (unpaired) electrons. The number of hydrogen-bond donors (Lipinski definition) is 1. The second-order valence-corrected chi connectivity index (χ2v) is 4.92. The molecule has 2 aliphatic carbocycles. The lowest BCUT2D eigenvalue weighted by atomic mass is 10.3. The van der Waals surface area contributed by atoms with Crippen molar-refractivity contribution in [3.05, 3.63) is 11.5 Å². The third-order valence-electron chi connectivity index (χ3n) is 3.40. The van der Waals surface area contributed by atoms with Gasteiger partial charge in [0.15, 0.2) is 0 Å². The highest BCUT2D eigenvalue weighted by Crippen LogP contribution is 2.46. The SMILES string of the molecule is CCCc1nc(C2CC2)c(N)n1C1CC1. The molecule has 2 fully saturated rings. The third-order valence-corrected chi connectivity index (χ3v) is 3.40. The molecule has 0 aromatic carbocycles. The van der Waals surface area contributed by atoms with Gasteiger partial charge >= 0.3 is 0 Å². The summed E-state index contributed by atoms with van der Waals surface area (Å²) in [5, 5.41) is 0. The van der Waals surface area contributed by atoms with Crippen LogP contribution in [-0.2, 0) is 6.42 Å². The van der Waals surface area contributed by atoms with E-state index in [0.717, 1.165) is 18.7 Å². The Kier molecular flexibility index (Phi) is 2.01. The van der Waals surface area contributed by atoms with Crippen LogP contribution in [0.4, 0.5) is 5.82 Å². The predicted molar refractivity (Wildman–Crippen MR) is 60.9 cm³/mol. The quantitative estimate of drug-likeness (QED) is 0.821. The summed E-state index contributed by atoms with van der Waals surface area (Å²) in [4.78, 5) is 4.76. The zero-order valence-electron chi connectivity index (χ0n) is 9.37. The van der Waals surface area contributed by atoms with E-state index < -0.39 is 0 Å². The molecule has 0 amide bonds. The van der Waals surface area contributed by atoms with Crippen molar-refractivity contribution in [3.63, 3.8) is 0 Å². The average molecular weight is 205 g/mol. The molecule has 2 N–H and O–H groups in total. The van der Waals surface area contributed by atoms with Crippen LogP contribution in [-0.4, -0.2) is 9.55 Å². The molecule has 2 saturated carbocycles. The van der Waals surface area contributed by atoms with Gasteiger partial charge in [-0.25, -0.2) is 4.98 Å². The molecule has 0 unspecified atom stereocenters. The highest BCUT2D eigenvalue weighted by molar-refractivity contribution is 5.43. The maximum absolute atomic E-state index is 6.22. The fraction of sp³-hybridized carbons (Fsp3) is 0.750. The number of nitrogens with two attached hydrogens (primary N) is 1. The van der Waals surface area contributed by atoms with Crippen molar-refractivity contribution in [3.8, 4) is 0 Å². The van der Waals surface area contributed by atoms with E-state index in [4.69, 9.17) is 10.7 Å². The number of imidazole rings is 1. The summed E-state index contributed by atoms with van der Waals surface area (Å²) in [6.45, 7) is 2.21. The Morgan fingerprint density at radius 1 is 1.33 bits per heavy atom. The largest absolute Gasteiger partial charge is 0.384 e. The smallest absolute Gasteiger partial charge is 0.127 e. The molecule has 0 atom stereocenters. The lowest BCUT2D eigenvalue weighted by Crippen LogP contribution is -2.05. The van der Waals surface area contributed by atoms with Crippen molar-refractivity contribution < 1.29 is 0 Å². The van der Waals surface area contributed by atoms with Gasteiger partial charge < -0.3 is 10.3 Å². The summed E-state index contributed by atoms with van der Waals surface area (Å²) < 4.78 is 2.32.